The second-order valence-corrected chi connectivity index (χ2v) is 3.18. The standard InChI is InChI=1S/C9H11N5O/c1-14-6-10-5-8(14)9(15)11-2-7-3-12-13-4-7/h3-6H,2H2,1H3,(H,11,15)(H,12,13). The number of aromatic amines is 1. The summed E-state index contributed by atoms with van der Waals surface area (Å²) in [6.45, 7) is 0.459. The van der Waals surface area contributed by atoms with Gasteiger partial charge in [-0.3, -0.25) is 9.89 Å². The normalized spacial score (nSPS) is 10.2. The molecule has 0 saturated carbocycles. The molecule has 0 bridgehead atoms. The van der Waals surface area contributed by atoms with Gasteiger partial charge >= 0.3 is 0 Å². The maximum Gasteiger partial charge on any atom is 0.269 e. The van der Waals surface area contributed by atoms with Crippen LogP contribution in [-0.2, 0) is 13.6 Å². The van der Waals surface area contributed by atoms with Crippen LogP contribution in [0, 0.1) is 0 Å². The summed E-state index contributed by atoms with van der Waals surface area (Å²) in [6.07, 6.45) is 6.53. The molecule has 6 nitrogen and oxygen atoms in total. The minimum Gasteiger partial charge on any atom is -0.347 e. The van der Waals surface area contributed by atoms with Crippen LogP contribution in [-0.4, -0.2) is 25.7 Å². The average Bonchev–Trinajstić information content (AvgIpc) is 2.84. The van der Waals surface area contributed by atoms with Gasteiger partial charge in [-0.05, 0) is 0 Å². The Morgan fingerprint density at radius 3 is 3.07 bits per heavy atom. The predicted molar refractivity (Wildman–Crippen MR) is 53.0 cm³/mol. The molecule has 2 aromatic heterocycles. The molecular weight excluding hydrogens is 194 g/mol. The third kappa shape index (κ3) is 2.04. The zero-order valence-electron chi connectivity index (χ0n) is 8.27. The number of aryl methyl sites for hydroxylation is 1. The first-order valence-electron chi connectivity index (χ1n) is 4.49. The number of carbonyl (C=O) groups is 1. The fourth-order valence-corrected chi connectivity index (χ4v) is 1.22. The zero-order valence-corrected chi connectivity index (χ0v) is 8.27. The predicted octanol–water partition coefficient (Wildman–Crippen LogP) is 0.0732. The lowest BCUT2D eigenvalue weighted by Gasteiger charge is -2.03. The lowest BCUT2D eigenvalue weighted by molar-refractivity contribution is 0.0943. The summed E-state index contributed by atoms with van der Waals surface area (Å²) in [7, 11) is 1.78. The quantitative estimate of drug-likeness (QED) is 0.744. The average molecular weight is 205 g/mol. The topological polar surface area (TPSA) is 75.6 Å². The Morgan fingerprint density at radius 1 is 1.60 bits per heavy atom. The van der Waals surface area contributed by atoms with E-state index in [2.05, 4.69) is 20.5 Å². The third-order valence-electron chi connectivity index (χ3n) is 2.06. The van der Waals surface area contributed by atoms with Crippen LogP contribution in [0.5, 0.6) is 0 Å². The van der Waals surface area contributed by atoms with Gasteiger partial charge in [0.2, 0.25) is 0 Å². The molecule has 1 amide bonds. The van der Waals surface area contributed by atoms with Crippen LogP contribution in [0.15, 0.2) is 24.9 Å². The van der Waals surface area contributed by atoms with E-state index < -0.39 is 0 Å². The molecule has 0 radical (unpaired) electrons. The zero-order chi connectivity index (χ0) is 10.7. The molecule has 2 rings (SSSR count). The van der Waals surface area contributed by atoms with Crippen LogP contribution in [0.1, 0.15) is 16.1 Å². The van der Waals surface area contributed by atoms with Crippen molar-refractivity contribution in [1.82, 2.24) is 25.1 Å². The van der Waals surface area contributed by atoms with Gasteiger partial charge < -0.3 is 9.88 Å². The minimum atomic E-state index is -0.142. The molecule has 0 fully saturated rings. The molecular formula is C9H11N5O. The fraction of sp³-hybridized carbons (Fsp3) is 0.222. The molecule has 0 aliphatic heterocycles. The largest absolute Gasteiger partial charge is 0.347 e. The summed E-state index contributed by atoms with van der Waals surface area (Å²) < 4.78 is 1.67. The van der Waals surface area contributed by atoms with E-state index in [9.17, 15) is 4.79 Å². The summed E-state index contributed by atoms with van der Waals surface area (Å²) in [6, 6.07) is 0. The van der Waals surface area contributed by atoms with Gasteiger partial charge in [0.1, 0.15) is 5.69 Å². The van der Waals surface area contributed by atoms with Crippen molar-refractivity contribution in [1.29, 1.82) is 0 Å². The van der Waals surface area contributed by atoms with Crippen LogP contribution in [0.25, 0.3) is 0 Å². The Hall–Kier alpha value is -2.11. The summed E-state index contributed by atoms with van der Waals surface area (Å²) in [5.74, 6) is -0.142. The van der Waals surface area contributed by atoms with Gasteiger partial charge in [0, 0.05) is 25.4 Å². The molecule has 0 atom stereocenters. The van der Waals surface area contributed by atoms with Crippen molar-refractivity contribution in [2.75, 3.05) is 0 Å². The smallest absolute Gasteiger partial charge is 0.269 e. The Morgan fingerprint density at radius 2 is 2.47 bits per heavy atom. The van der Waals surface area contributed by atoms with E-state index in [4.69, 9.17) is 0 Å². The highest BCUT2D eigenvalue weighted by Gasteiger charge is 2.08. The highest BCUT2D eigenvalue weighted by atomic mass is 16.1. The van der Waals surface area contributed by atoms with Gasteiger partial charge in [-0.15, -0.1) is 0 Å². The maximum absolute atomic E-state index is 11.6. The van der Waals surface area contributed by atoms with Gasteiger partial charge in [0.05, 0.1) is 18.7 Å². The van der Waals surface area contributed by atoms with Crippen molar-refractivity contribution in [2.24, 2.45) is 7.05 Å². The van der Waals surface area contributed by atoms with Gasteiger partial charge in [0.25, 0.3) is 5.91 Å². The van der Waals surface area contributed by atoms with Crippen LogP contribution in [0.4, 0.5) is 0 Å². The fourth-order valence-electron chi connectivity index (χ4n) is 1.22. The Bertz CT molecular complexity index is 445. The van der Waals surface area contributed by atoms with Crippen LogP contribution < -0.4 is 5.32 Å². The number of hydrogen-bond donors (Lipinski definition) is 2. The Balaban J connectivity index is 1.96. The number of aromatic nitrogens is 4. The number of carbonyl (C=O) groups excluding carboxylic acids is 1. The lowest BCUT2D eigenvalue weighted by atomic mass is 10.3. The molecule has 0 spiro atoms. The number of hydrogen-bond acceptors (Lipinski definition) is 3. The van der Waals surface area contributed by atoms with Gasteiger partial charge in [0.15, 0.2) is 0 Å². The van der Waals surface area contributed by atoms with Crippen molar-refractivity contribution >= 4 is 5.91 Å². The lowest BCUT2D eigenvalue weighted by Crippen LogP contribution is -2.24. The first-order valence-corrected chi connectivity index (χ1v) is 4.49. The molecule has 0 aliphatic rings. The van der Waals surface area contributed by atoms with Gasteiger partial charge in [-0.25, -0.2) is 4.98 Å². The van der Waals surface area contributed by atoms with E-state index in [0.29, 0.717) is 12.2 Å². The van der Waals surface area contributed by atoms with E-state index in [0.717, 1.165) is 5.56 Å². The van der Waals surface area contributed by atoms with Crippen molar-refractivity contribution < 1.29 is 4.79 Å². The molecule has 2 heterocycles. The number of H-pyrrole nitrogens is 1. The monoisotopic (exact) mass is 205 g/mol. The number of nitrogens with one attached hydrogen (secondary N) is 2. The molecule has 0 aromatic carbocycles. The summed E-state index contributed by atoms with van der Waals surface area (Å²) in [5.41, 5.74) is 1.48. The number of amides is 1. The summed E-state index contributed by atoms with van der Waals surface area (Å²) >= 11 is 0. The number of nitrogens with zero attached hydrogens (tertiary/aromatic N) is 3. The Kier molecular flexibility index (Phi) is 2.49. The third-order valence-corrected chi connectivity index (χ3v) is 2.06. The van der Waals surface area contributed by atoms with Gasteiger partial charge in [-0.1, -0.05) is 0 Å². The maximum atomic E-state index is 11.6. The molecule has 2 aromatic rings. The van der Waals surface area contributed by atoms with E-state index in [1.54, 1.807) is 30.3 Å². The molecule has 15 heavy (non-hydrogen) atoms. The van der Waals surface area contributed by atoms with E-state index in [1.807, 2.05) is 0 Å². The molecule has 2 N–H and O–H groups in total. The molecule has 0 saturated heterocycles. The Labute approximate surface area is 86.3 Å². The van der Waals surface area contributed by atoms with Crippen LogP contribution in [0.2, 0.25) is 0 Å². The van der Waals surface area contributed by atoms with Crippen molar-refractivity contribution in [2.45, 2.75) is 6.54 Å². The van der Waals surface area contributed by atoms with E-state index >= 15 is 0 Å². The summed E-state index contributed by atoms with van der Waals surface area (Å²) in [4.78, 5) is 15.5. The molecule has 0 aliphatic carbocycles. The van der Waals surface area contributed by atoms with Crippen molar-refractivity contribution in [3.8, 4) is 0 Å². The minimum absolute atomic E-state index is 0.142. The van der Waals surface area contributed by atoms with Crippen molar-refractivity contribution in [3.05, 3.63) is 36.2 Å². The van der Waals surface area contributed by atoms with Crippen LogP contribution in [0.3, 0.4) is 0 Å². The SMILES string of the molecule is Cn1cncc1C(=O)NCc1cn[nH]c1. The highest BCUT2D eigenvalue weighted by Crippen LogP contribution is 1.98. The van der Waals surface area contributed by atoms with E-state index in [-0.39, 0.29) is 5.91 Å². The second kappa shape index (κ2) is 3.95. The second-order valence-electron chi connectivity index (χ2n) is 3.18. The van der Waals surface area contributed by atoms with Crippen LogP contribution >= 0.6 is 0 Å². The molecule has 0 unspecified atom stereocenters. The van der Waals surface area contributed by atoms with Crippen molar-refractivity contribution in [3.63, 3.8) is 0 Å². The number of imidazole rings is 1. The molecule has 78 valence electrons. The molecule has 6 heteroatoms. The number of rotatable bonds is 3. The first kappa shape index (κ1) is 9.45. The van der Waals surface area contributed by atoms with E-state index in [1.165, 1.54) is 6.20 Å². The highest BCUT2D eigenvalue weighted by molar-refractivity contribution is 5.92. The van der Waals surface area contributed by atoms with Gasteiger partial charge in [-0.2, -0.15) is 5.10 Å². The first-order chi connectivity index (χ1) is 7.27. The summed E-state index contributed by atoms with van der Waals surface area (Å²) in [5, 5.41) is 9.24.